The maximum absolute atomic E-state index is 12.3. The molecule has 2 aromatic carbocycles. The highest BCUT2D eigenvalue weighted by molar-refractivity contribution is 9.10. The molecule has 0 bridgehead atoms. The smallest absolute Gasteiger partial charge is 0.255 e. The Morgan fingerprint density at radius 3 is 2.32 bits per heavy atom. The van der Waals surface area contributed by atoms with Gasteiger partial charge in [-0.2, -0.15) is 0 Å². The number of benzene rings is 2. The van der Waals surface area contributed by atoms with Gasteiger partial charge in [-0.25, -0.2) is 0 Å². The molecule has 0 fully saturated rings. The fourth-order valence-corrected chi connectivity index (χ4v) is 2.34. The number of hydrogen-bond donors (Lipinski definition) is 1. The van der Waals surface area contributed by atoms with E-state index in [-0.39, 0.29) is 5.91 Å². The molecule has 2 rings (SSSR count). The summed E-state index contributed by atoms with van der Waals surface area (Å²) in [4.78, 5) is 12.3. The van der Waals surface area contributed by atoms with Gasteiger partial charge in [0.2, 0.25) is 0 Å². The van der Waals surface area contributed by atoms with E-state index >= 15 is 0 Å². The quantitative estimate of drug-likeness (QED) is 0.859. The summed E-state index contributed by atoms with van der Waals surface area (Å²) in [5.41, 5.74) is 4.76. The first kappa shape index (κ1) is 13.8. The van der Waals surface area contributed by atoms with Gasteiger partial charge in [0, 0.05) is 10.0 Å². The Morgan fingerprint density at radius 1 is 1.00 bits per heavy atom. The Kier molecular flexibility index (Phi) is 4.05. The van der Waals surface area contributed by atoms with Crippen LogP contribution in [0, 0.1) is 20.8 Å². The second-order valence-corrected chi connectivity index (χ2v) is 5.61. The zero-order chi connectivity index (χ0) is 14.0. The standard InChI is InChI=1S/C16H16BrNO/c1-10-4-6-13(12(3)8-10)16(19)18-15-9-11(2)5-7-14(15)17/h4-9H,1-3H3,(H,18,19). The van der Waals surface area contributed by atoms with Crippen LogP contribution in [0.1, 0.15) is 27.0 Å². The molecule has 3 heteroatoms. The minimum Gasteiger partial charge on any atom is -0.321 e. The highest BCUT2D eigenvalue weighted by atomic mass is 79.9. The van der Waals surface area contributed by atoms with Crippen LogP contribution in [0.5, 0.6) is 0 Å². The van der Waals surface area contributed by atoms with Crippen LogP contribution in [0.4, 0.5) is 5.69 Å². The molecule has 1 N–H and O–H groups in total. The van der Waals surface area contributed by atoms with Gasteiger partial charge in [-0.15, -0.1) is 0 Å². The summed E-state index contributed by atoms with van der Waals surface area (Å²) in [5.74, 6) is -0.0798. The van der Waals surface area contributed by atoms with E-state index in [0.29, 0.717) is 5.56 Å². The normalized spacial score (nSPS) is 10.3. The molecule has 0 aliphatic carbocycles. The molecule has 0 unspecified atom stereocenters. The lowest BCUT2D eigenvalue weighted by Gasteiger charge is -2.10. The number of amides is 1. The SMILES string of the molecule is Cc1ccc(C(=O)Nc2cc(C)ccc2Br)c(C)c1. The summed E-state index contributed by atoms with van der Waals surface area (Å²) in [7, 11) is 0. The van der Waals surface area contributed by atoms with Crippen LogP contribution in [0.15, 0.2) is 40.9 Å². The van der Waals surface area contributed by atoms with Crippen LogP contribution in [0.25, 0.3) is 0 Å². The van der Waals surface area contributed by atoms with Crippen molar-refractivity contribution in [3.05, 3.63) is 63.1 Å². The Labute approximate surface area is 122 Å². The van der Waals surface area contributed by atoms with Crippen LogP contribution >= 0.6 is 15.9 Å². The van der Waals surface area contributed by atoms with Gasteiger partial charge in [0.25, 0.3) is 5.91 Å². The minimum atomic E-state index is -0.0798. The molecule has 19 heavy (non-hydrogen) atoms. The first-order valence-electron chi connectivity index (χ1n) is 6.12. The summed E-state index contributed by atoms with van der Waals surface area (Å²) in [6, 6.07) is 11.7. The van der Waals surface area contributed by atoms with Crippen molar-refractivity contribution in [2.45, 2.75) is 20.8 Å². The molecule has 0 saturated heterocycles. The summed E-state index contributed by atoms with van der Waals surface area (Å²) in [6.07, 6.45) is 0. The Balaban J connectivity index is 2.28. The lowest BCUT2D eigenvalue weighted by molar-refractivity contribution is 0.102. The number of nitrogens with one attached hydrogen (secondary N) is 1. The third kappa shape index (κ3) is 3.24. The molecule has 1 amide bonds. The fourth-order valence-electron chi connectivity index (χ4n) is 1.99. The number of anilines is 1. The number of carbonyl (C=O) groups is 1. The predicted octanol–water partition coefficient (Wildman–Crippen LogP) is 4.63. The largest absolute Gasteiger partial charge is 0.321 e. The van der Waals surface area contributed by atoms with Crippen molar-refractivity contribution < 1.29 is 4.79 Å². The molecule has 0 radical (unpaired) electrons. The van der Waals surface area contributed by atoms with Gasteiger partial charge in [0.05, 0.1) is 5.69 Å². The zero-order valence-corrected chi connectivity index (χ0v) is 12.8. The summed E-state index contributed by atoms with van der Waals surface area (Å²) in [6.45, 7) is 5.97. The first-order valence-corrected chi connectivity index (χ1v) is 6.91. The van der Waals surface area contributed by atoms with Gasteiger partial charge >= 0.3 is 0 Å². The van der Waals surface area contributed by atoms with Crippen molar-refractivity contribution in [3.63, 3.8) is 0 Å². The number of hydrogen-bond acceptors (Lipinski definition) is 1. The molecule has 0 saturated carbocycles. The van der Waals surface area contributed by atoms with E-state index in [1.165, 1.54) is 0 Å². The predicted molar refractivity (Wildman–Crippen MR) is 82.7 cm³/mol. The van der Waals surface area contributed by atoms with Crippen molar-refractivity contribution >= 4 is 27.5 Å². The minimum absolute atomic E-state index is 0.0798. The van der Waals surface area contributed by atoms with Gasteiger partial charge < -0.3 is 5.32 Å². The van der Waals surface area contributed by atoms with E-state index in [0.717, 1.165) is 26.9 Å². The number of carbonyl (C=O) groups excluding carboxylic acids is 1. The van der Waals surface area contributed by atoms with Crippen LogP contribution < -0.4 is 5.32 Å². The van der Waals surface area contributed by atoms with E-state index in [1.54, 1.807) is 0 Å². The summed E-state index contributed by atoms with van der Waals surface area (Å²) < 4.78 is 0.885. The first-order chi connectivity index (χ1) is 8.97. The third-order valence-electron chi connectivity index (χ3n) is 3.00. The lowest BCUT2D eigenvalue weighted by Crippen LogP contribution is -2.13. The molecule has 0 atom stereocenters. The van der Waals surface area contributed by atoms with E-state index < -0.39 is 0 Å². The molecule has 2 aromatic rings. The van der Waals surface area contributed by atoms with Crippen LogP contribution in [-0.2, 0) is 0 Å². The summed E-state index contributed by atoms with van der Waals surface area (Å²) >= 11 is 3.45. The molecule has 0 heterocycles. The molecular formula is C16H16BrNO. The monoisotopic (exact) mass is 317 g/mol. The second-order valence-electron chi connectivity index (χ2n) is 4.76. The van der Waals surface area contributed by atoms with Crippen molar-refractivity contribution in [1.29, 1.82) is 0 Å². The average Bonchev–Trinajstić information content (AvgIpc) is 2.33. The van der Waals surface area contributed by atoms with E-state index in [9.17, 15) is 4.79 Å². The number of rotatable bonds is 2. The van der Waals surface area contributed by atoms with E-state index in [4.69, 9.17) is 0 Å². The maximum atomic E-state index is 12.3. The lowest BCUT2D eigenvalue weighted by atomic mass is 10.1. The highest BCUT2D eigenvalue weighted by Gasteiger charge is 2.10. The van der Waals surface area contributed by atoms with E-state index in [1.807, 2.05) is 57.2 Å². The number of aryl methyl sites for hydroxylation is 3. The Hall–Kier alpha value is -1.61. The third-order valence-corrected chi connectivity index (χ3v) is 3.69. The second kappa shape index (κ2) is 5.57. The van der Waals surface area contributed by atoms with Gasteiger partial charge in [0.1, 0.15) is 0 Å². The molecule has 0 spiro atoms. The van der Waals surface area contributed by atoms with Crippen LogP contribution in [0.3, 0.4) is 0 Å². The Morgan fingerprint density at radius 2 is 1.63 bits per heavy atom. The van der Waals surface area contributed by atoms with E-state index in [2.05, 4.69) is 21.2 Å². The molecule has 98 valence electrons. The van der Waals surface area contributed by atoms with Crippen molar-refractivity contribution in [3.8, 4) is 0 Å². The number of halogens is 1. The topological polar surface area (TPSA) is 29.1 Å². The fraction of sp³-hybridized carbons (Fsp3) is 0.188. The summed E-state index contributed by atoms with van der Waals surface area (Å²) in [5, 5.41) is 2.94. The molecule has 2 nitrogen and oxygen atoms in total. The highest BCUT2D eigenvalue weighted by Crippen LogP contribution is 2.24. The van der Waals surface area contributed by atoms with Gasteiger partial charge in [-0.1, -0.05) is 23.8 Å². The van der Waals surface area contributed by atoms with Crippen molar-refractivity contribution in [2.24, 2.45) is 0 Å². The molecule has 0 aromatic heterocycles. The molecule has 0 aliphatic rings. The van der Waals surface area contributed by atoms with Crippen molar-refractivity contribution in [2.75, 3.05) is 5.32 Å². The van der Waals surface area contributed by atoms with Crippen LogP contribution in [0.2, 0.25) is 0 Å². The maximum Gasteiger partial charge on any atom is 0.255 e. The molecule has 0 aliphatic heterocycles. The average molecular weight is 318 g/mol. The van der Waals surface area contributed by atoms with Gasteiger partial charge in [-0.05, 0) is 66.0 Å². The zero-order valence-electron chi connectivity index (χ0n) is 11.3. The Bertz CT molecular complexity index is 635. The van der Waals surface area contributed by atoms with Crippen molar-refractivity contribution in [1.82, 2.24) is 0 Å². The van der Waals surface area contributed by atoms with Gasteiger partial charge in [-0.3, -0.25) is 4.79 Å². The molecular weight excluding hydrogens is 302 g/mol. The van der Waals surface area contributed by atoms with Crippen LogP contribution in [-0.4, -0.2) is 5.91 Å². The van der Waals surface area contributed by atoms with Gasteiger partial charge in [0.15, 0.2) is 0 Å².